The molecule has 1 aromatic heterocycles. The summed E-state index contributed by atoms with van der Waals surface area (Å²) >= 11 is 0. The van der Waals surface area contributed by atoms with Crippen molar-refractivity contribution < 1.29 is 9.18 Å². The zero-order valence-corrected chi connectivity index (χ0v) is 14.0. The maximum Gasteiger partial charge on any atom is 0.224 e. The molecule has 0 spiro atoms. The van der Waals surface area contributed by atoms with Crippen LogP contribution in [0.25, 0.3) is 11.0 Å². The molecule has 6 heteroatoms. The van der Waals surface area contributed by atoms with Gasteiger partial charge in [0.25, 0.3) is 0 Å². The Morgan fingerprint density at radius 2 is 2.33 bits per heavy atom. The second-order valence-corrected chi connectivity index (χ2v) is 7.17. The molecule has 128 valence electrons. The van der Waals surface area contributed by atoms with Crippen LogP contribution in [0.15, 0.2) is 18.2 Å². The second kappa shape index (κ2) is 6.16. The van der Waals surface area contributed by atoms with Crippen molar-refractivity contribution in [2.75, 3.05) is 20.1 Å². The molecule has 5 nitrogen and oxygen atoms in total. The quantitative estimate of drug-likeness (QED) is 0.916. The molecule has 1 aromatic carbocycles. The summed E-state index contributed by atoms with van der Waals surface area (Å²) in [6, 6.07) is 5.18. The van der Waals surface area contributed by atoms with E-state index in [0.717, 1.165) is 24.5 Å². The van der Waals surface area contributed by atoms with Crippen molar-refractivity contribution in [3.05, 3.63) is 29.8 Å². The van der Waals surface area contributed by atoms with Crippen molar-refractivity contribution >= 4 is 16.9 Å². The van der Waals surface area contributed by atoms with Crippen molar-refractivity contribution in [3.63, 3.8) is 0 Å². The first-order chi connectivity index (χ1) is 11.6. The van der Waals surface area contributed by atoms with E-state index in [-0.39, 0.29) is 11.7 Å². The van der Waals surface area contributed by atoms with E-state index in [2.05, 4.69) is 14.9 Å². The number of imidazole rings is 1. The van der Waals surface area contributed by atoms with Gasteiger partial charge in [0, 0.05) is 32.6 Å². The van der Waals surface area contributed by atoms with Gasteiger partial charge in [-0.15, -0.1) is 0 Å². The molecule has 2 aliphatic rings. The van der Waals surface area contributed by atoms with Crippen LogP contribution < -0.4 is 0 Å². The minimum Gasteiger partial charge on any atom is -0.340 e. The number of piperidine rings is 1. The number of carbonyl (C=O) groups excluding carboxylic acids is 1. The molecule has 1 saturated carbocycles. The average molecular weight is 330 g/mol. The zero-order chi connectivity index (χ0) is 16.7. The largest absolute Gasteiger partial charge is 0.340 e. The predicted octanol–water partition coefficient (Wildman–Crippen LogP) is 2.53. The predicted molar refractivity (Wildman–Crippen MR) is 89.8 cm³/mol. The van der Waals surface area contributed by atoms with Crippen LogP contribution in [0.4, 0.5) is 4.39 Å². The number of aromatic amines is 1. The van der Waals surface area contributed by atoms with Gasteiger partial charge in [0.1, 0.15) is 11.6 Å². The Balaban J connectivity index is 1.32. The molecule has 4 rings (SSSR count). The molecule has 2 atom stereocenters. The molecule has 2 heterocycles. The fraction of sp³-hybridized carbons (Fsp3) is 0.556. The van der Waals surface area contributed by atoms with E-state index in [1.54, 1.807) is 18.0 Å². The van der Waals surface area contributed by atoms with Gasteiger partial charge in [-0.25, -0.2) is 9.37 Å². The van der Waals surface area contributed by atoms with Gasteiger partial charge >= 0.3 is 0 Å². The number of hydrogen-bond donors (Lipinski definition) is 1. The smallest absolute Gasteiger partial charge is 0.224 e. The molecule has 2 aromatic rings. The van der Waals surface area contributed by atoms with E-state index in [1.165, 1.54) is 31.4 Å². The van der Waals surface area contributed by atoms with E-state index in [0.29, 0.717) is 30.3 Å². The molecular weight excluding hydrogens is 307 g/mol. The summed E-state index contributed by atoms with van der Waals surface area (Å²) in [5, 5.41) is 0. The molecule has 1 amide bonds. The van der Waals surface area contributed by atoms with Gasteiger partial charge in [0.2, 0.25) is 5.91 Å². The Hall–Kier alpha value is -1.95. The molecular formula is C18H23FN4O. The van der Waals surface area contributed by atoms with Crippen molar-refractivity contribution in [1.29, 1.82) is 0 Å². The summed E-state index contributed by atoms with van der Waals surface area (Å²) in [5.41, 5.74) is 1.39. The van der Waals surface area contributed by atoms with Crippen LogP contribution in [0.1, 0.15) is 31.5 Å². The van der Waals surface area contributed by atoms with Crippen molar-refractivity contribution in [3.8, 4) is 0 Å². The third kappa shape index (κ3) is 3.02. The normalized spacial score (nSPS) is 23.2. The molecule has 1 aliphatic heterocycles. The van der Waals surface area contributed by atoms with Crippen LogP contribution >= 0.6 is 0 Å². The van der Waals surface area contributed by atoms with Crippen LogP contribution in [-0.2, 0) is 11.3 Å². The van der Waals surface area contributed by atoms with Crippen molar-refractivity contribution in [1.82, 2.24) is 19.8 Å². The zero-order valence-electron chi connectivity index (χ0n) is 14.0. The molecule has 24 heavy (non-hydrogen) atoms. The summed E-state index contributed by atoms with van der Waals surface area (Å²) in [5.74, 6) is 1.39. The Kier molecular flexibility index (Phi) is 4.00. The highest BCUT2D eigenvalue weighted by Crippen LogP contribution is 2.37. The number of halogens is 1. The summed E-state index contributed by atoms with van der Waals surface area (Å²) < 4.78 is 13.2. The molecule has 1 aliphatic carbocycles. The number of amides is 1. The van der Waals surface area contributed by atoms with Gasteiger partial charge in [0.15, 0.2) is 0 Å². The Labute approximate surface area is 140 Å². The SMILES string of the molecule is CN(Cc1nc2ccc(F)cc2[nH]1)C(=O)CCN1C[C@@H]2CC[C@H]1C2. The first-order valence-electron chi connectivity index (χ1n) is 8.70. The first kappa shape index (κ1) is 15.6. The van der Waals surface area contributed by atoms with Crippen LogP contribution in [0.3, 0.4) is 0 Å². The van der Waals surface area contributed by atoms with Crippen LogP contribution in [0.5, 0.6) is 0 Å². The summed E-state index contributed by atoms with van der Waals surface area (Å²) in [4.78, 5) is 24.1. The van der Waals surface area contributed by atoms with Crippen LogP contribution in [-0.4, -0.2) is 51.9 Å². The minimum atomic E-state index is -0.290. The number of fused-ring (bicyclic) bond motifs is 3. The fourth-order valence-electron chi connectivity index (χ4n) is 4.15. The van der Waals surface area contributed by atoms with E-state index < -0.39 is 0 Å². The minimum absolute atomic E-state index is 0.129. The fourth-order valence-corrected chi connectivity index (χ4v) is 4.15. The lowest BCUT2D eigenvalue weighted by Crippen LogP contribution is -2.36. The average Bonchev–Trinajstić information content (AvgIpc) is 3.26. The molecule has 2 bridgehead atoms. The van der Waals surface area contributed by atoms with E-state index in [4.69, 9.17) is 0 Å². The third-order valence-corrected chi connectivity index (χ3v) is 5.44. The lowest BCUT2D eigenvalue weighted by atomic mass is 10.1. The van der Waals surface area contributed by atoms with E-state index >= 15 is 0 Å². The van der Waals surface area contributed by atoms with Gasteiger partial charge in [-0.3, -0.25) is 9.69 Å². The summed E-state index contributed by atoms with van der Waals surface area (Å²) in [6.07, 6.45) is 4.53. The molecule has 2 fully saturated rings. The van der Waals surface area contributed by atoms with E-state index in [1.807, 2.05) is 0 Å². The Bertz CT molecular complexity index is 759. The number of aromatic nitrogens is 2. The Morgan fingerprint density at radius 3 is 3.08 bits per heavy atom. The van der Waals surface area contributed by atoms with E-state index in [9.17, 15) is 9.18 Å². The molecule has 0 unspecified atom stereocenters. The maximum atomic E-state index is 13.2. The van der Waals surface area contributed by atoms with Gasteiger partial charge in [-0.2, -0.15) is 0 Å². The second-order valence-electron chi connectivity index (χ2n) is 7.17. The molecule has 1 N–H and O–H groups in total. The topological polar surface area (TPSA) is 52.2 Å². The molecule has 1 saturated heterocycles. The van der Waals surface area contributed by atoms with Crippen molar-refractivity contribution in [2.24, 2.45) is 5.92 Å². The summed E-state index contributed by atoms with van der Waals surface area (Å²) in [7, 11) is 1.80. The van der Waals surface area contributed by atoms with Gasteiger partial charge in [0.05, 0.1) is 17.6 Å². The Morgan fingerprint density at radius 1 is 1.46 bits per heavy atom. The number of hydrogen-bond acceptors (Lipinski definition) is 3. The summed E-state index contributed by atoms with van der Waals surface area (Å²) in [6.45, 7) is 2.44. The number of likely N-dealkylation sites (tertiary alicyclic amines) is 1. The standard InChI is InChI=1S/C18H23FN4O/c1-22(11-17-20-15-5-3-13(19)9-16(15)21-17)18(24)6-7-23-10-12-2-4-14(23)8-12/h3,5,9,12,14H,2,4,6-8,10-11H2,1H3,(H,20,21)/t12-,14+/m1/s1. The lowest BCUT2D eigenvalue weighted by molar-refractivity contribution is -0.130. The number of nitrogens with one attached hydrogen (secondary N) is 1. The highest BCUT2D eigenvalue weighted by Gasteiger charge is 2.37. The number of H-pyrrole nitrogens is 1. The highest BCUT2D eigenvalue weighted by atomic mass is 19.1. The maximum absolute atomic E-state index is 13.2. The van der Waals surface area contributed by atoms with Gasteiger partial charge in [-0.05, 0) is 43.4 Å². The number of nitrogens with zero attached hydrogens (tertiary/aromatic N) is 3. The number of carbonyl (C=O) groups is 1. The van der Waals surface area contributed by atoms with Crippen molar-refractivity contribution in [2.45, 2.75) is 38.3 Å². The number of rotatable bonds is 5. The highest BCUT2D eigenvalue weighted by molar-refractivity contribution is 5.77. The monoisotopic (exact) mass is 330 g/mol. The van der Waals surface area contributed by atoms with Crippen LogP contribution in [0.2, 0.25) is 0 Å². The lowest BCUT2D eigenvalue weighted by Gasteiger charge is -2.27. The van der Waals surface area contributed by atoms with Gasteiger partial charge < -0.3 is 9.88 Å². The van der Waals surface area contributed by atoms with Crippen LogP contribution in [0, 0.1) is 11.7 Å². The van der Waals surface area contributed by atoms with Gasteiger partial charge in [-0.1, -0.05) is 0 Å². The first-order valence-corrected chi connectivity index (χ1v) is 8.70. The molecule has 0 radical (unpaired) electrons. The number of benzene rings is 1. The third-order valence-electron chi connectivity index (χ3n) is 5.44.